The number of carbonyl (C=O) groups excluding carboxylic acids is 1. The van der Waals surface area contributed by atoms with E-state index in [2.05, 4.69) is 4.98 Å². The average Bonchev–Trinajstić information content (AvgIpc) is 2.73. The third-order valence-corrected chi connectivity index (χ3v) is 3.20. The Morgan fingerprint density at radius 2 is 2.16 bits per heavy atom. The third-order valence-electron chi connectivity index (χ3n) is 3.20. The van der Waals surface area contributed by atoms with E-state index in [0.29, 0.717) is 0 Å². The summed E-state index contributed by atoms with van der Waals surface area (Å²) < 4.78 is 7.40. The summed E-state index contributed by atoms with van der Waals surface area (Å²) in [6, 6.07) is 0.0461. The van der Waals surface area contributed by atoms with Gasteiger partial charge in [-0.05, 0) is 40.0 Å². The molecule has 0 radical (unpaired) electrons. The molecule has 0 aliphatic carbocycles. The van der Waals surface area contributed by atoms with Crippen molar-refractivity contribution in [3.05, 3.63) is 18.2 Å². The van der Waals surface area contributed by atoms with Crippen molar-refractivity contribution in [1.82, 2.24) is 14.5 Å². The van der Waals surface area contributed by atoms with E-state index in [4.69, 9.17) is 4.74 Å². The van der Waals surface area contributed by atoms with Crippen LogP contribution in [0, 0.1) is 0 Å². The first-order chi connectivity index (χ1) is 8.87. The number of hydrogen-bond donors (Lipinski definition) is 0. The predicted molar refractivity (Wildman–Crippen MR) is 72.7 cm³/mol. The molecule has 5 nitrogen and oxygen atoms in total. The number of amides is 1. The molecular weight excluding hydrogens is 242 g/mol. The van der Waals surface area contributed by atoms with Crippen molar-refractivity contribution in [2.24, 2.45) is 7.05 Å². The monoisotopic (exact) mass is 265 g/mol. The maximum absolute atomic E-state index is 12.3. The van der Waals surface area contributed by atoms with Crippen molar-refractivity contribution in [1.29, 1.82) is 0 Å². The summed E-state index contributed by atoms with van der Waals surface area (Å²) in [6.45, 7) is 6.43. The van der Waals surface area contributed by atoms with Gasteiger partial charge in [0.1, 0.15) is 5.60 Å². The number of piperidine rings is 1. The van der Waals surface area contributed by atoms with Crippen LogP contribution in [0.5, 0.6) is 0 Å². The second kappa shape index (κ2) is 5.23. The molecule has 19 heavy (non-hydrogen) atoms. The minimum Gasteiger partial charge on any atom is -0.444 e. The number of imidazole rings is 1. The van der Waals surface area contributed by atoms with Gasteiger partial charge in [-0.2, -0.15) is 0 Å². The molecule has 0 N–H and O–H groups in total. The van der Waals surface area contributed by atoms with Gasteiger partial charge in [0.2, 0.25) is 0 Å². The summed E-state index contributed by atoms with van der Waals surface area (Å²) in [7, 11) is 1.94. The highest BCUT2D eigenvalue weighted by Gasteiger charge is 2.32. The lowest BCUT2D eigenvalue weighted by atomic mass is 10.0. The normalized spacial score (nSPS) is 20.4. The van der Waals surface area contributed by atoms with Gasteiger partial charge in [-0.25, -0.2) is 9.78 Å². The molecule has 1 aliphatic rings. The number of hydrogen-bond acceptors (Lipinski definition) is 3. The fourth-order valence-corrected chi connectivity index (χ4v) is 2.38. The van der Waals surface area contributed by atoms with Crippen molar-refractivity contribution in [2.45, 2.75) is 51.7 Å². The van der Waals surface area contributed by atoms with Gasteiger partial charge < -0.3 is 9.30 Å². The van der Waals surface area contributed by atoms with Crippen LogP contribution in [0.1, 0.15) is 51.8 Å². The summed E-state index contributed by atoms with van der Waals surface area (Å²) >= 11 is 0. The Kier molecular flexibility index (Phi) is 3.83. The molecule has 106 valence electrons. The molecule has 1 atom stereocenters. The Morgan fingerprint density at radius 1 is 1.42 bits per heavy atom. The van der Waals surface area contributed by atoms with Crippen molar-refractivity contribution in [3.8, 4) is 0 Å². The number of rotatable bonds is 1. The van der Waals surface area contributed by atoms with E-state index in [1.165, 1.54) is 0 Å². The predicted octanol–water partition coefficient (Wildman–Crippen LogP) is 2.88. The van der Waals surface area contributed by atoms with Gasteiger partial charge in [-0.3, -0.25) is 4.90 Å². The average molecular weight is 265 g/mol. The Labute approximate surface area is 114 Å². The second-order valence-corrected chi connectivity index (χ2v) is 6.15. The van der Waals surface area contributed by atoms with Crippen molar-refractivity contribution >= 4 is 6.09 Å². The standard InChI is InChI=1S/C14H23N3O2/c1-14(2,3)19-13(18)17-8-6-5-7-12(17)11-9-16(4)10-15-11/h9-10,12H,5-8H2,1-4H3. The summed E-state index contributed by atoms with van der Waals surface area (Å²) in [4.78, 5) is 18.5. The molecule has 1 fully saturated rings. The van der Waals surface area contributed by atoms with Gasteiger partial charge in [-0.1, -0.05) is 0 Å². The molecule has 2 heterocycles. The highest BCUT2D eigenvalue weighted by Crippen LogP contribution is 2.31. The van der Waals surface area contributed by atoms with E-state index in [1.807, 2.05) is 43.5 Å². The van der Waals surface area contributed by atoms with Crippen molar-refractivity contribution in [3.63, 3.8) is 0 Å². The highest BCUT2D eigenvalue weighted by atomic mass is 16.6. The summed E-state index contributed by atoms with van der Waals surface area (Å²) in [5.41, 5.74) is 0.497. The van der Waals surface area contributed by atoms with E-state index in [1.54, 1.807) is 6.33 Å². The van der Waals surface area contributed by atoms with Gasteiger partial charge in [0.15, 0.2) is 0 Å². The minimum atomic E-state index is -0.455. The van der Waals surface area contributed by atoms with Crippen LogP contribution in [0.15, 0.2) is 12.5 Å². The molecule has 0 bridgehead atoms. The topological polar surface area (TPSA) is 47.4 Å². The van der Waals surface area contributed by atoms with E-state index in [9.17, 15) is 4.79 Å². The first-order valence-electron chi connectivity index (χ1n) is 6.84. The van der Waals surface area contributed by atoms with E-state index in [0.717, 1.165) is 31.5 Å². The fourth-order valence-electron chi connectivity index (χ4n) is 2.38. The van der Waals surface area contributed by atoms with Crippen LogP contribution in [0.4, 0.5) is 4.79 Å². The quantitative estimate of drug-likeness (QED) is 0.784. The lowest BCUT2D eigenvalue weighted by Crippen LogP contribution is -2.42. The Morgan fingerprint density at radius 3 is 2.74 bits per heavy atom. The van der Waals surface area contributed by atoms with E-state index < -0.39 is 5.60 Å². The number of likely N-dealkylation sites (tertiary alicyclic amines) is 1. The van der Waals surface area contributed by atoms with E-state index in [-0.39, 0.29) is 12.1 Å². The number of ether oxygens (including phenoxy) is 1. The maximum Gasteiger partial charge on any atom is 0.410 e. The zero-order valence-corrected chi connectivity index (χ0v) is 12.2. The van der Waals surface area contributed by atoms with Crippen LogP contribution in [0.3, 0.4) is 0 Å². The third kappa shape index (κ3) is 3.49. The first kappa shape index (κ1) is 13.9. The number of aromatic nitrogens is 2. The van der Waals surface area contributed by atoms with Crippen LogP contribution < -0.4 is 0 Å². The van der Waals surface area contributed by atoms with Gasteiger partial charge in [0.25, 0.3) is 0 Å². The molecule has 2 rings (SSSR count). The van der Waals surface area contributed by atoms with Crippen molar-refractivity contribution in [2.75, 3.05) is 6.54 Å². The zero-order chi connectivity index (χ0) is 14.0. The first-order valence-corrected chi connectivity index (χ1v) is 6.84. The number of nitrogens with zero attached hydrogens (tertiary/aromatic N) is 3. The smallest absolute Gasteiger partial charge is 0.410 e. The van der Waals surface area contributed by atoms with Crippen LogP contribution in [0.25, 0.3) is 0 Å². The summed E-state index contributed by atoms with van der Waals surface area (Å²) in [6.07, 6.45) is 6.63. The van der Waals surface area contributed by atoms with Crippen molar-refractivity contribution < 1.29 is 9.53 Å². The molecule has 0 aromatic carbocycles. The Balaban J connectivity index is 2.14. The molecule has 0 saturated carbocycles. The van der Waals surface area contributed by atoms with E-state index >= 15 is 0 Å². The fraction of sp³-hybridized carbons (Fsp3) is 0.714. The van der Waals surface area contributed by atoms with Gasteiger partial charge >= 0.3 is 6.09 Å². The minimum absolute atomic E-state index is 0.0461. The highest BCUT2D eigenvalue weighted by molar-refractivity contribution is 5.68. The molecule has 1 aromatic rings. The maximum atomic E-state index is 12.3. The van der Waals surface area contributed by atoms with Crippen LogP contribution in [-0.2, 0) is 11.8 Å². The summed E-state index contributed by atoms with van der Waals surface area (Å²) in [5.74, 6) is 0. The van der Waals surface area contributed by atoms with Gasteiger partial charge in [0.05, 0.1) is 18.1 Å². The molecule has 1 saturated heterocycles. The van der Waals surface area contributed by atoms with Gasteiger partial charge in [0, 0.05) is 19.8 Å². The number of aryl methyl sites for hydroxylation is 1. The Bertz CT molecular complexity index is 448. The molecule has 1 aromatic heterocycles. The molecule has 1 amide bonds. The lowest BCUT2D eigenvalue weighted by molar-refractivity contribution is 0.00904. The molecule has 0 spiro atoms. The van der Waals surface area contributed by atoms with Crippen LogP contribution >= 0.6 is 0 Å². The van der Waals surface area contributed by atoms with Crippen LogP contribution in [-0.4, -0.2) is 32.7 Å². The Hall–Kier alpha value is -1.52. The largest absolute Gasteiger partial charge is 0.444 e. The summed E-state index contributed by atoms with van der Waals surface area (Å²) in [5, 5.41) is 0. The molecule has 1 aliphatic heterocycles. The number of carbonyl (C=O) groups is 1. The SMILES string of the molecule is Cn1cnc(C2CCCCN2C(=O)OC(C)(C)C)c1. The zero-order valence-electron chi connectivity index (χ0n) is 12.2. The van der Waals surface area contributed by atoms with Crippen LogP contribution in [0.2, 0.25) is 0 Å². The lowest BCUT2D eigenvalue weighted by Gasteiger charge is -2.35. The molecule has 5 heteroatoms. The molecule has 1 unspecified atom stereocenters. The molecular formula is C14H23N3O2. The second-order valence-electron chi connectivity index (χ2n) is 6.15. The van der Waals surface area contributed by atoms with Gasteiger partial charge in [-0.15, -0.1) is 0 Å².